The van der Waals surface area contributed by atoms with Crippen LogP contribution in [0.1, 0.15) is 12.8 Å². The molecule has 4 nitrogen and oxygen atoms in total. The van der Waals surface area contributed by atoms with Crippen LogP contribution in [0.3, 0.4) is 0 Å². The maximum atomic E-state index is 12.6. The molecule has 1 heterocycles. The first-order valence-electron chi connectivity index (χ1n) is 6.08. The summed E-state index contributed by atoms with van der Waals surface area (Å²) in [5.74, 6) is 0. The molecule has 7 heteroatoms. The quantitative estimate of drug-likeness (QED) is 0.929. The summed E-state index contributed by atoms with van der Waals surface area (Å²) in [4.78, 5) is 0.0819. The van der Waals surface area contributed by atoms with Crippen LogP contribution in [-0.2, 0) is 10.0 Å². The molecule has 0 unspecified atom stereocenters. The molecule has 1 aromatic carbocycles. The lowest BCUT2D eigenvalue weighted by Crippen LogP contribution is -2.46. The predicted octanol–water partition coefficient (Wildman–Crippen LogP) is 2.37. The molecule has 1 N–H and O–H groups in total. The van der Waals surface area contributed by atoms with Crippen LogP contribution in [0.15, 0.2) is 23.1 Å². The predicted molar refractivity (Wildman–Crippen MR) is 77.3 cm³/mol. The number of rotatable bonds is 3. The highest BCUT2D eigenvalue weighted by molar-refractivity contribution is 7.89. The summed E-state index contributed by atoms with van der Waals surface area (Å²) in [5.41, 5.74) is 0. The Kier molecular flexibility index (Phi) is 4.74. The van der Waals surface area contributed by atoms with Crippen LogP contribution >= 0.6 is 23.2 Å². The second-order valence-corrected chi connectivity index (χ2v) is 7.23. The Bertz CT molecular complexity index is 563. The molecule has 0 aliphatic carbocycles. The third-order valence-electron chi connectivity index (χ3n) is 3.33. The lowest BCUT2D eigenvalue weighted by Gasteiger charge is -2.31. The first kappa shape index (κ1) is 15.1. The van der Waals surface area contributed by atoms with Crippen molar-refractivity contribution in [1.82, 2.24) is 9.62 Å². The molecule has 1 aliphatic rings. The Labute approximate surface area is 123 Å². The Morgan fingerprint density at radius 2 is 2.11 bits per heavy atom. The Hall–Kier alpha value is -0.330. The fourth-order valence-electron chi connectivity index (χ4n) is 2.22. The van der Waals surface area contributed by atoms with Crippen molar-refractivity contribution in [3.8, 4) is 0 Å². The van der Waals surface area contributed by atoms with Crippen LogP contribution < -0.4 is 5.32 Å². The second kappa shape index (κ2) is 5.97. The smallest absolute Gasteiger partial charge is 0.244 e. The molecule has 0 saturated carbocycles. The molecule has 1 fully saturated rings. The molecule has 0 aromatic heterocycles. The molecular formula is C12H16Cl2N2O2S. The van der Waals surface area contributed by atoms with Crippen LogP contribution in [0, 0.1) is 0 Å². The van der Waals surface area contributed by atoms with E-state index >= 15 is 0 Å². The fraction of sp³-hybridized carbons (Fsp3) is 0.500. The third kappa shape index (κ3) is 3.06. The van der Waals surface area contributed by atoms with Crippen molar-refractivity contribution in [3.63, 3.8) is 0 Å². The normalized spacial score (nSPS) is 21.5. The molecule has 1 saturated heterocycles. The van der Waals surface area contributed by atoms with E-state index in [1.54, 1.807) is 12.1 Å². The summed E-state index contributed by atoms with van der Waals surface area (Å²) in [6.45, 7) is 0.977. The SMILES string of the molecule is CN[C@H]1CCCN(S(=O)(=O)c2cccc(Cl)c2Cl)C1. The first-order valence-corrected chi connectivity index (χ1v) is 8.28. The molecule has 1 aliphatic heterocycles. The fourth-order valence-corrected chi connectivity index (χ4v) is 4.48. The molecule has 19 heavy (non-hydrogen) atoms. The van der Waals surface area contributed by atoms with Gasteiger partial charge in [-0.25, -0.2) is 8.42 Å². The van der Waals surface area contributed by atoms with Crippen molar-refractivity contribution in [3.05, 3.63) is 28.2 Å². The Morgan fingerprint density at radius 3 is 2.79 bits per heavy atom. The number of likely N-dealkylation sites (N-methyl/N-ethyl adjacent to an activating group) is 1. The van der Waals surface area contributed by atoms with Gasteiger partial charge in [0, 0.05) is 19.1 Å². The van der Waals surface area contributed by atoms with E-state index in [4.69, 9.17) is 23.2 Å². The van der Waals surface area contributed by atoms with E-state index in [9.17, 15) is 8.42 Å². The van der Waals surface area contributed by atoms with E-state index in [0.29, 0.717) is 13.1 Å². The Balaban J connectivity index is 2.34. The van der Waals surface area contributed by atoms with Gasteiger partial charge in [-0.05, 0) is 32.0 Å². The van der Waals surface area contributed by atoms with Gasteiger partial charge < -0.3 is 5.32 Å². The van der Waals surface area contributed by atoms with Gasteiger partial charge in [-0.2, -0.15) is 4.31 Å². The number of piperidine rings is 1. The number of nitrogens with zero attached hydrogens (tertiary/aromatic N) is 1. The molecule has 2 rings (SSSR count). The summed E-state index contributed by atoms with van der Waals surface area (Å²) in [5, 5.41) is 3.47. The zero-order valence-corrected chi connectivity index (χ0v) is 12.9. The van der Waals surface area contributed by atoms with Gasteiger partial charge in [-0.3, -0.25) is 0 Å². The highest BCUT2D eigenvalue weighted by Gasteiger charge is 2.31. The zero-order chi connectivity index (χ0) is 14.0. The van der Waals surface area contributed by atoms with E-state index in [0.717, 1.165) is 12.8 Å². The number of halogens is 2. The van der Waals surface area contributed by atoms with Crippen molar-refractivity contribution in [2.45, 2.75) is 23.8 Å². The topological polar surface area (TPSA) is 49.4 Å². The molecule has 1 aromatic rings. The van der Waals surface area contributed by atoms with Gasteiger partial charge in [-0.1, -0.05) is 29.3 Å². The molecule has 0 radical (unpaired) electrons. The molecule has 106 valence electrons. The summed E-state index contributed by atoms with van der Waals surface area (Å²) >= 11 is 11.9. The van der Waals surface area contributed by atoms with Crippen molar-refractivity contribution >= 4 is 33.2 Å². The number of benzene rings is 1. The van der Waals surface area contributed by atoms with Gasteiger partial charge in [-0.15, -0.1) is 0 Å². The summed E-state index contributed by atoms with van der Waals surface area (Å²) in [6.07, 6.45) is 1.81. The molecule has 0 spiro atoms. The van der Waals surface area contributed by atoms with Gasteiger partial charge in [0.2, 0.25) is 10.0 Å². The van der Waals surface area contributed by atoms with Gasteiger partial charge in [0.15, 0.2) is 0 Å². The van der Waals surface area contributed by atoms with Crippen molar-refractivity contribution in [2.24, 2.45) is 0 Å². The van der Waals surface area contributed by atoms with E-state index < -0.39 is 10.0 Å². The monoisotopic (exact) mass is 322 g/mol. The highest BCUT2D eigenvalue weighted by atomic mass is 35.5. The van der Waals surface area contributed by atoms with Gasteiger partial charge in [0.1, 0.15) is 4.90 Å². The highest BCUT2D eigenvalue weighted by Crippen LogP contribution is 2.31. The molecule has 0 amide bonds. The Morgan fingerprint density at radius 1 is 1.37 bits per heavy atom. The second-order valence-electron chi connectivity index (χ2n) is 4.54. The third-order valence-corrected chi connectivity index (χ3v) is 6.16. The molecular weight excluding hydrogens is 307 g/mol. The van der Waals surface area contributed by atoms with E-state index in [-0.39, 0.29) is 21.0 Å². The van der Waals surface area contributed by atoms with Gasteiger partial charge in [0.25, 0.3) is 0 Å². The van der Waals surface area contributed by atoms with E-state index in [1.807, 2.05) is 7.05 Å². The van der Waals surface area contributed by atoms with Crippen LogP contribution in [0.5, 0.6) is 0 Å². The summed E-state index contributed by atoms with van der Waals surface area (Å²) < 4.78 is 26.6. The first-order chi connectivity index (χ1) is 8.96. The standard InChI is InChI=1S/C12H16Cl2N2O2S/c1-15-9-4-3-7-16(8-9)19(17,18)11-6-2-5-10(13)12(11)14/h2,5-6,9,15H,3-4,7-8H2,1H3/t9-/m0/s1. The van der Waals surface area contributed by atoms with Crippen LogP contribution in [0.2, 0.25) is 10.0 Å². The minimum atomic E-state index is -3.58. The van der Waals surface area contributed by atoms with Crippen molar-refractivity contribution in [1.29, 1.82) is 0 Å². The number of hydrogen-bond acceptors (Lipinski definition) is 3. The average Bonchev–Trinajstić information content (AvgIpc) is 2.41. The maximum Gasteiger partial charge on any atom is 0.244 e. The molecule has 0 bridgehead atoms. The van der Waals surface area contributed by atoms with Gasteiger partial charge in [0.05, 0.1) is 10.0 Å². The van der Waals surface area contributed by atoms with Crippen LogP contribution in [0.4, 0.5) is 0 Å². The minimum Gasteiger partial charge on any atom is -0.316 e. The lowest BCUT2D eigenvalue weighted by molar-refractivity contribution is 0.293. The largest absolute Gasteiger partial charge is 0.316 e. The number of hydrogen-bond donors (Lipinski definition) is 1. The van der Waals surface area contributed by atoms with Gasteiger partial charge >= 0.3 is 0 Å². The molecule has 1 atom stereocenters. The van der Waals surface area contributed by atoms with E-state index in [2.05, 4.69) is 5.32 Å². The zero-order valence-electron chi connectivity index (χ0n) is 10.6. The number of sulfonamides is 1. The van der Waals surface area contributed by atoms with Crippen molar-refractivity contribution < 1.29 is 8.42 Å². The number of nitrogens with one attached hydrogen (secondary N) is 1. The summed E-state index contributed by atoms with van der Waals surface area (Å²) in [7, 11) is -1.74. The van der Waals surface area contributed by atoms with Crippen molar-refractivity contribution in [2.75, 3.05) is 20.1 Å². The van der Waals surface area contributed by atoms with Crippen LogP contribution in [-0.4, -0.2) is 38.9 Å². The van der Waals surface area contributed by atoms with E-state index in [1.165, 1.54) is 10.4 Å². The average molecular weight is 323 g/mol. The lowest BCUT2D eigenvalue weighted by atomic mass is 10.1. The van der Waals surface area contributed by atoms with Crippen LogP contribution in [0.25, 0.3) is 0 Å². The maximum absolute atomic E-state index is 12.6. The minimum absolute atomic E-state index is 0.0819. The summed E-state index contributed by atoms with van der Waals surface area (Å²) in [6, 6.07) is 4.85.